The van der Waals surface area contributed by atoms with E-state index in [0.29, 0.717) is 22.1 Å². The lowest BCUT2D eigenvalue weighted by Crippen LogP contribution is -2.10. The van der Waals surface area contributed by atoms with Gasteiger partial charge in [-0.05, 0) is 42.5 Å². The lowest BCUT2D eigenvalue weighted by Gasteiger charge is -2.08. The van der Waals surface area contributed by atoms with Crippen molar-refractivity contribution in [1.29, 1.82) is 0 Å². The average molecular weight is 446 g/mol. The number of anilines is 1. The number of rotatable bonds is 5. The number of nitrogens with zero attached hydrogens (tertiary/aromatic N) is 2. The van der Waals surface area contributed by atoms with Crippen LogP contribution < -0.4 is 14.8 Å². The summed E-state index contributed by atoms with van der Waals surface area (Å²) in [6, 6.07) is 11.4. The Kier molecular flexibility index (Phi) is 5.36. The van der Waals surface area contributed by atoms with E-state index in [-0.39, 0.29) is 10.9 Å². The van der Waals surface area contributed by atoms with Gasteiger partial charge in [0.2, 0.25) is 0 Å². The van der Waals surface area contributed by atoms with Gasteiger partial charge in [0, 0.05) is 23.7 Å². The maximum atomic E-state index is 13.3. The van der Waals surface area contributed by atoms with Gasteiger partial charge in [0.15, 0.2) is 11.5 Å². The Hall–Kier alpha value is -3.10. The number of hydrogen-bond donors (Lipinski definition) is 1. The largest absolute Gasteiger partial charge is 0.493 e. The molecule has 1 N–H and O–H groups in total. The van der Waals surface area contributed by atoms with Gasteiger partial charge in [-0.15, -0.1) is 11.3 Å². The minimum absolute atomic E-state index is 0.0518. The molecule has 0 radical (unpaired) electrons. The van der Waals surface area contributed by atoms with Gasteiger partial charge in [-0.3, -0.25) is 9.48 Å². The highest BCUT2D eigenvalue weighted by molar-refractivity contribution is 7.20. The minimum atomic E-state index is -0.540. The smallest absolute Gasteiger partial charge is 0.265 e. The third-order valence-corrected chi connectivity index (χ3v) is 6.06. The van der Waals surface area contributed by atoms with Gasteiger partial charge in [-0.2, -0.15) is 5.10 Å². The van der Waals surface area contributed by atoms with Crippen LogP contribution >= 0.6 is 22.9 Å². The molecule has 154 valence electrons. The van der Waals surface area contributed by atoms with E-state index in [0.717, 1.165) is 21.5 Å². The van der Waals surface area contributed by atoms with E-state index in [2.05, 4.69) is 10.4 Å². The maximum Gasteiger partial charge on any atom is 0.265 e. The van der Waals surface area contributed by atoms with Crippen molar-refractivity contribution in [2.45, 2.75) is 0 Å². The number of halogens is 2. The van der Waals surface area contributed by atoms with Crippen molar-refractivity contribution in [1.82, 2.24) is 9.78 Å². The van der Waals surface area contributed by atoms with Crippen molar-refractivity contribution in [3.05, 3.63) is 58.2 Å². The van der Waals surface area contributed by atoms with Gasteiger partial charge < -0.3 is 14.8 Å². The molecule has 6 nitrogen and oxygen atoms in total. The number of aryl methyl sites for hydroxylation is 1. The van der Waals surface area contributed by atoms with Gasteiger partial charge in [-0.25, -0.2) is 4.39 Å². The predicted molar refractivity (Wildman–Crippen MR) is 116 cm³/mol. The molecule has 1 amide bonds. The number of aromatic nitrogens is 2. The van der Waals surface area contributed by atoms with Crippen LogP contribution in [-0.4, -0.2) is 29.9 Å². The molecule has 0 fully saturated rings. The average Bonchev–Trinajstić information content (AvgIpc) is 3.31. The van der Waals surface area contributed by atoms with Crippen LogP contribution in [0.1, 0.15) is 9.67 Å². The molecule has 0 aliphatic carbocycles. The summed E-state index contributed by atoms with van der Waals surface area (Å²) in [6.45, 7) is 0. The molecule has 0 aliphatic heterocycles. The van der Waals surface area contributed by atoms with Crippen LogP contribution in [-0.2, 0) is 7.05 Å². The number of carbonyl (C=O) groups excluding carboxylic acids is 1. The van der Waals surface area contributed by atoms with Crippen molar-refractivity contribution in [3.8, 4) is 22.8 Å². The first-order chi connectivity index (χ1) is 14.4. The summed E-state index contributed by atoms with van der Waals surface area (Å²) in [5.74, 6) is 0.367. The topological polar surface area (TPSA) is 65.4 Å². The molecular weight excluding hydrogens is 429 g/mol. The lowest BCUT2D eigenvalue weighted by atomic mass is 10.1. The highest BCUT2D eigenvalue weighted by Crippen LogP contribution is 2.37. The second kappa shape index (κ2) is 7.97. The van der Waals surface area contributed by atoms with E-state index in [1.54, 1.807) is 25.0 Å². The molecule has 0 aliphatic rings. The highest BCUT2D eigenvalue weighted by Gasteiger charge is 2.19. The normalized spacial score (nSPS) is 11.0. The molecule has 0 bridgehead atoms. The van der Waals surface area contributed by atoms with E-state index in [9.17, 15) is 9.18 Å². The second-order valence-corrected chi connectivity index (χ2v) is 7.89. The molecule has 2 heterocycles. The van der Waals surface area contributed by atoms with Crippen LogP contribution in [0.5, 0.6) is 11.5 Å². The fourth-order valence-corrected chi connectivity index (χ4v) is 4.26. The van der Waals surface area contributed by atoms with E-state index in [4.69, 9.17) is 21.1 Å². The van der Waals surface area contributed by atoms with Crippen LogP contribution in [0.15, 0.2) is 42.5 Å². The summed E-state index contributed by atoms with van der Waals surface area (Å²) in [4.78, 5) is 14.1. The minimum Gasteiger partial charge on any atom is -0.493 e. The van der Waals surface area contributed by atoms with Crippen LogP contribution in [0.3, 0.4) is 0 Å². The molecule has 0 saturated heterocycles. The maximum absolute atomic E-state index is 13.3. The Morgan fingerprint density at radius 2 is 1.90 bits per heavy atom. The molecular formula is C21H17ClFN3O3S. The van der Waals surface area contributed by atoms with Gasteiger partial charge in [-0.1, -0.05) is 11.6 Å². The molecule has 4 aromatic rings. The molecule has 0 atom stereocenters. The first-order valence-electron chi connectivity index (χ1n) is 8.86. The number of benzene rings is 2. The number of thiophene rings is 1. The third kappa shape index (κ3) is 3.59. The Labute approximate surface area is 180 Å². The zero-order chi connectivity index (χ0) is 21.4. The molecule has 9 heteroatoms. The standard InChI is InChI=1S/C21H17ClFN3O3S/c1-26-21-13(19(25-26)11-4-7-16(28-2)17(8-11)29-3)10-18(30-21)20(27)24-12-5-6-15(23)14(22)9-12/h4-10H,1-3H3,(H,24,27). The molecule has 0 saturated carbocycles. The third-order valence-electron chi connectivity index (χ3n) is 4.57. The molecule has 0 spiro atoms. The van der Waals surface area contributed by atoms with E-state index in [1.807, 2.05) is 25.2 Å². The zero-order valence-electron chi connectivity index (χ0n) is 16.3. The second-order valence-electron chi connectivity index (χ2n) is 6.45. The summed E-state index contributed by atoms with van der Waals surface area (Å²) in [5, 5.41) is 8.13. The Bertz CT molecular complexity index is 1270. The number of carbonyl (C=O) groups is 1. The van der Waals surface area contributed by atoms with Gasteiger partial charge in [0.05, 0.1) is 24.1 Å². The summed E-state index contributed by atoms with van der Waals surface area (Å²) in [6.07, 6.45) is 0. The van der Waals surface area contributed by atoms with Crippen LogP contribution in [0.25, 0.3) is 21.5 Å². The number of ether oxygens (including phenoxy) is 2. The Balaban J connectivity index is 1.70. The van der Waals surface area contributed by atoms with Gasteiger partial charge in [0.1, 0.15) is 16.3 Å². The summed E-state index contributed by atoms with van der Waals surface area (Å²) >= 11 is 7.11. The van der Waals surface area contributed by atoms with Crippen LogP contribution in [0.2, 0.25) is 5.02 Å². The number of fused-ring (bicyclic) bond motifs is 1. The summed E-state index contributed by atoms with van der Waals surface area (Å²) in [5.41, 5.74) is 1.99. The Morgan fingerprint density at radius 3 is 2.60 bits per heavy atom. The SMILES string of the molecule is COc1ccc(-c2nn(C)c3sc(C(=O)Nc4ccc(F)c(Cl)c4)cc23)cc1OC. The van der Waals surface area contributed by atoms with Crippen molar-refractivity contribution in [2.24, 2.45) is 7.05 Å². The number of hydrogen-bond acceptors (Lipinski definition) is 5. The van der Waals surface area contributed by atoms with E-state index < -0.39 is 5.82 Å². The molecule has 2 aromatic heterocycles. The lowest BCUT2D eigenvalue weighted by molar-refractivity contribution is 0.103. The Morgan fingerprint density at radius 1 is 1.13 bits per heavy atom. The van der Waals surface area contributed by atoms with Crippen molar-refractivity contribution >= 4 is 44.7 Å². The molecule has 0 unspecified atom stereocenters. The molecule has 2 aromatic carbocycles. The number of nitrogens with one attached hydrogen (secondary N) is 1. The summed E-state index contributed by atoms with van der Waals surface area (Å²) < 4.78 is 25.8. The molecule has 4 rings (SSSR count). The van der Waals surface area contributed by atoms with Crippen LogP contribution in [0.4, 0.5) is 10.1 Å². The van der Waals surface area contributed by atoms with Crippen molar-refractivity contribution < 1.29 is 18.7 Å². The summed E-state index contributed by atoms with van der Waals surface area (Å²) in [7, 11) is 4.98. The van der Waals surface area contributed by atoms with Crippen LogP contribution in [0, 0.1) is 5.82 Å². The monoisotopic (exact) mass is 445 g/mol. The number of methoxy groups -OCH3 is 2. The first-order valence-corrected chi connectivity index (χ1v) is 10.1. The van der Waals surface area contributed by atoms with E-state index in [1.165, 1.54) is 29.5 Å². The van der Waals surface area contributed by atoms with E-state index >= 15 is 0 Å². The van der Waals surface area contributed by atoms with Crippen molar-refractivity contribution in [2.75, 3.05) is 19.5 Å². The quantitative estimate of drug-likeness (QED) is 0.449. The zero-order valence-corrected chi connectivity index (χ0v) is 17.9. The predicted octanol–water partition coefficient (Wildman–Crippen LogP) is 5.36. The van der Waals surface area contributed by atoms with Crippen molar-refractivity contribution in [3.63, 3.8) is 0 Å². The highest BCUT2D eigenvalue weighted by atomic mass is 35.5. The molecule has 30 heavy (non-hydrogen) atoms. The number of amides is 1. The van der Waals surface area contributed by atoms with Gasteiger partial charge >= 0.3 is 0 Å². The first kappa shape index (κ1) is 20.2. The fraction of sp³-hybridized carbons (Fsp3) is 0.143. The fourth-order valence-electron chi connectivity index (χ4n) is 3.12. The van der Waals surface area contributed by atoms with Gasteiger partial charge in [0.25, 0.3) is 5.91 Å².